The van der Waals surface area contributed by atoms with E-state index in [2.05, 4.69) is 10.3 Å². The molecule has 1 aliphatic rings. The molecule has 1 saturated carbocycles. The topological polar surface area (TPSA) is 71.2 Å². The zero-order valence-electron chi connectivity index (χ0n) is 17.0. The van der Waals surface area contributed by atoms with Crippen LogP contribution in [-0.4, -0.2) is 29.9 Å². The first-order valence-electron chi connectivity index (χ1n) is 10.3. The molecule has 2 aromatic carbocycles. The van der Waals surface area contributed by atoms with Crippen molar-refractivity contribution in [2.45, 2.75) is 38.0 Å². The Hall–Kier alpha value is -2.79. The van der Waals surface area contributed by atoms with Gasteiger partial charge in [0.1, 0.15) is 5.88 Å². The highest BCUT2D eigenvalue weighted by molar-refractivity contribution is 6.29. The maximum atomic E-state index is 12.0. The molecule has 0 spiro atoms. The lowest BCUT2D eigenvalue weighted by Crippen LogP contribution is -2.13. The molecule has 2 N–H and O–H groups in total. The summed E-state index contributed by atoms with van der Waals surface area (Å²) in [4.78, 5) is 27.5. The van der Waals surface area contributed by atoms with Crippen LogP contribution in [0.15, 0.2) is 42.5 Å². The summed E-state index contributed by atoms with van der Waals surface area (Å²) in [7, 11) is 1.38. The Morgan fingerprint density at radius 1 is 1.13 bits per heavy atom. The first-order chi connectivity index (χ1) is 14.6. The van der Waals surface area contributed by atoms with E-state index < -0.39 is 0 Å². The first-order valence-corrected chi connectivity index (χ1v) is 10.8. The Labute approximate surface area is 180 Å². The second kappa shape index (κ2) is 8.92. The number of ether oxygens (including phenoxy) is 1. The van der Waals surface area contributed by atoms with Crippen LogP contribution in [0.4, 0.5) is 5.69 Å². The predicted molar refractivity (Wildman–Crippen MR) is 120 cm³/mol. The largest absolute Gasteiger partial charge is 0.465 e. The number of hydrogen-bond acceptors (Lipinski definition) is 3. The van der Waals surface area contributed by atoms with Gasteiger partial charge >= 0.3 is 5.97 Å². The van der Waals surface area contributed by atoms with Gasteiger partial charge in [-0.25, -0.2) is 4.79 Å². The van der Waals surface area contributed by atoms with Crippen LogP contribution in [0.25, 0.3) is 22.2 Å². The number of para-hydroxylation sites is 1. The van der Waals surface area contributed by atoms with Crippen LogP contribution in [0.1, 0.15) is 53.9 Å². The molecule has 1 fully saturated rings. The Morgan fingerprint density at radius 2 is 1.90 bits per heavy atom. The zero-order valence-corrected chi connectivity index (χ0v) is 17.7. The van der Waals surface area contributed by atoms with Gasteiger partial charge in [0.15, 0.2) is 0 Å². The summed E-state index contributed by atoms with van der Waals surface area (Å²) in [6.45, 7) is 0. The predicted octanol–water partition coefficient (Wildman–Crippen LogP) is 5.85. The summed E-state index contributed by atoms with van der Waals surface area (Å²) >= 11 is 5.71. The minimum atomic E-state index is -0.359. The molecule has 6 heteroatoms. The molecule has 0 atom stereocenters. The van der Waals surface area contributed by atoms with Gasteiger partial charge in [-0.3, -0.25) is 4.79 Å². The number of aromatic amines is 1. The standard InChI is InChI=1S/C24H25ClN2O3/c1-30-24(29)16-11-12-17-20(13-16)27-23(22(17)15-7-3-2-4-8-15)18-9-5-6-10-19(18)26-21(28)14-25/h5-6,9-13,15,27H,2-4,7-8,14H2,1H3,(H,26,28). The Kier molecular flexibility index (Phi) is 6.09. The number of rotatable bonds is 5. The molecular formula is C24H25ClN2O3. The van der Waals surface area contributed by atoms with Crippen molar-refractivity contribution in [2.24, 2.45) is 0 Å². The van der Waals surface area contributed by atoms with E-state index in [4.69, 9.17) is 16.3 Å². The number of amides is 1. The quantitative estimate of drug-likeness (QED) is 0.399. The lowest BCUT2D eigenvalue weighted by atomic mass is 9.81. The summed E-state index contributed by atoms with van der Waals surface area (Å²) in [5.74, 6) is -0.267. The number of esters is 1. The summed E-state index contributed by atoms with van der Waals surface area (Å²) in [5, 5.41) is 4.02. The summed E-state index contributed by atoms with van der Waals surface area (Å²) in [6, 6.07) is 13.4. The highest BCUT2D eigenvalue weighted by Crippen LogP contribution is 2.44. The van der Waals surface area contributed by atoms with Crippen LogP contribution in [0.2, 0.25) is 0 Å². The van der Waals surface area contributed by atoms with Crippen molar-refractivity contribution in [3.63, 3.8) is 0 Å². The van der Waals surface area contributed by atoms with Gasteiger partial charge in [0.2, 0.25) is 5.91 Å². The van der Waals surface area contributed by atoms with E-state index in [9.17, 15) is 9.59 Å². The molecule has 156 valence electrons. The number of benzene rings is 2. The number of fused-ring (bicyclic) bond motifs is 1. The number of aromatic nitrogens is 1. The van der Waals surface area contributed by atoms with Gasteiger partial charge in [-0.1, -0.05) is 43.5 Å². The Bertz CT molecular complexity index is 1080. The third-order valence-corrected chi connectivity index (χ3v) is 6.11. The maximum absolute atomic E-state index is 12.0. The highest BCUT2D eigenvalue weighted by atomic mass is 35.5. The molecule has 1 amide bonds. The molecule has 0 radical (unpaired) electrons. The fourth-order valence-electron chi connectivity index (χ4n) is 4.49. The lowest BCUT2D eigenvalue weighted by Gasteiger charge is -2.23. The van der Waals surface area contributed by atoms with Crippen LogP contribution in [0.5, 0.6) is 0 Å². The average Bonchev–Trinajstić information content (AvgIpc) is 3.17. The minimum absolute atomic E-state index is 0.0982. The van der Waals surface area contributed by atoms with E-state index in [1.807, 2.05) is 42.5 Å². The van der Waals surface area contributed by atoms with E-state index in [0.717, 1.165) is 40.7 Å². The Balaban J connectivity index is 1.90. The molecule has 3 aromatic rings. The highest BCUT2D eigenvalue weighted by Gasteiger charge is 2.25. The molecule has 1 aliphatic carbocycles. The molecule has 30 heavy (non-hydrogen) atoms. The van der Waals surface area contributed by atoms with Crippen LogP contribution in [0, 0.1) is 0 Å². The number of carbonyl (C=O) groups excluding carboxylic acids is 2. The Morgan fingerprint density at radius 3 is 2.63 bits per heavy atom. The normalized spacial score (nSPS) is 14.6. The van der Waals surface area contributed by atoms with Crippen LogP contribution >= 0.6 is 11.6 Å². The van der Waals surface area contributed by atoms with E-state index in [1.165, 1.54) is 31.9 Å². The first kappa shape index (κ1) is 20.5. The number of hydrogen-bond donors (Lipinski definition) is 2. The molecule has 5 nitrogen and oxygen atoms in total. The third kappa shape index (κ3) is 3.94. The average molecular weight is 425 g/mol. The second-order valence-electron chi connectivity index (χ2n) is 7.73. The third-order valence-electron chi connectivity index (χ3n) is 5.87. The molecular weight excluding hydrogens is 400 g/mol. The van der Waals surface area contributed by atoms with Gasteiger partial charge in [-0.15, -0.1) is 11.6 Å². The van der Waals surface area contributed by atoms with Crippen molar-refractivity contribution < 1.29 is 14.3 Å². The van der Waals surface area contributed by atoms with Crippen molar-refractivity contribution in [1.29, 1.82) is 0 Å². The number of anilines is 1. The van der Waals surface area contributed by atoms with Crippen molar-refractivity contribution in [3.8, 4) is 11.3 Å². The maximum Gasteiger partial charge on any atom is 0.337 e. The monoisotopic (exact) mass is 424 g/mol. The number of alkyl halides is 1. The lowest BCUT2D eigenvalue weighted by molar-refractivity contribution is -0.113. The van der Waals surface area contributed by atoms with E-state index >= 15 is 0 Å². The van der Waals surface area contributed by atoms with Crippen LogP contribution < -0.4 is 5.32 Å². The number of halogens is 1. The van der Waals surface area contributed by atoms with Crippen LogP contribution in [-0.2, 0) is 9.53 Å². The summed E-state index contributed by atoms with van der Waals surface area (Å²) in [6.07, 6.45) is 5.95. The van der Waals surface area contributed by atoms with Crippen molar-refractivity contribution in [3.05, 3.63) is 53.6 Å². The molecule has 4 rings (SSSR count). The second-order valence-corrected chi connectivity index (χ2v) is 8.00. The van der Waals surface area contributed by atoms with Gasteiger partial charge in [0.05, 0.1) is 24.1 Å². The number of methoxy groups -OCH3 is 1. The number of H-pyrrole nitrogens is 1. The molecule has 1 heterocycles. The van der Waals surface area contributed by atoms with Crippen molar-refractivity contribution in [1.82, 2.24) is 4.98 Å². The molecule has 0 unspecified atom stereocenters. The fourth-order valence-corrected chi connectivity index (χ4v) is 4.55. The SMILES string of the molecule is COC(=O)c1ccc2c(C3CCCCC3)c(-c3ccccc3NC(=O)CCl)[nH]c2c1. The number of carbonyl (C=O) groups is 2. The van der Waals surface area contributed by atoms with Gasteiger partial charge in [-0.2, -0.15) is 0 Å². The van der Waals surface area contributed by atoms with Crippen molar-refractivity contribution in [2.75, 3.05) is 18.3 Å². The smallest absolute Gasteiger partial charge is 0.337 e. The molecule has 0 bridgehead atoms. The van der Waals surface area contributed by atoms with E-state index in [0.29, 0.717) is 11.5 Å². The summed E-state index contributed by atoms with van der Waals surface area (Å²) in [5.41, 5.74) is 5.30. The summed E-state index contributed by atoms with van der Waals surface area (Å²) < 4.78 is 4.89. The van der Waals surface area contributed by atoms with E-state index in [1.54, 1.807) is 0 Å². The molecule has 0 saturated heterocycles. The number of nitrogens with one attached hydrogen (secondary N) is 2. The van der Waals surface area contributed by atoms with Gasteiger partial charge in [-0.05, 0) is 42.5 Å². The fraction of sp³-hybridized carbons (Fsp3) is 0.333. The zero-order chi connectivity index (χ0) is 21.1. The molecule has 0 aliphatic heterocycles. The van der Waals surface area contributed by atoms with Gasteiger partial charge in [0.25, 0.3) is 0 Å². The van der Waals surface area contributed by atoms with Gasteiger partial charge < -0.3 is 15.0 Å². The van der Waals surface area contributed by atoms with E-state index in [-0.39, 0.29) is 17.8 Å². The van der Waals surface area contributed by atoms with Gasteiger partial charge in [0, 0.05) is 16.5 Å². The minimum Gasteiger partial charge on any atom is -0.465 e. The molecule has 1 aromatic heterocycles. The van der Waals surface area contributed by atoms with Crippen molar-refractivity contribution >= 4 is 40.1 Å². The van der Waals surface area contributed by atoms with Crippen LogP contribution in [0.3, 0.4) is 0 Å².